The Labute approximate surface area is 90.6 Å². The maximum absolute atomic E-state index is 3.78. The predicted molar refractivity (Wildman–Crippen MR) is 61.2 cm³/mol. The molecule has 0 aromatic rings. The van der Waals surface area contributed by atoms with Gasteiger partial charge in [-0.3, -0.25) is 0 Å². The standard InChI is InChI=1S/C12H21Br/c1-12(8-7-11(13)9-12)10-5-3-2-4-6-10/h10-11H,2-9H2,1H3. The third-order valence-electron chi connectivity index (χ3n) is 4.31. The third-order valence-corrected chi connectivity index (χ3v) is 5.09. The van der Waals surface area contributed by atoms with Crippen LogP contribution in [0.15, 0.2) is 0 Å². The molecule has 0 amide bonds. The zero-order chi connectivity index (χ0) is 9.31. The van der Waals surface area contributed by atoms with E-state index in [0.717, 1.165) is 10.7 Å². The number of rotatable bonds is 1. The molecule has 2 aliphatic rings. The van der Waals surface area contributed by atoms with Crippen LogP contribution in [0.2, 0.25) is 0 Å². The first-order chi connectivity index (χ1) is 6.21. The molecule has 1 heteroatoms. The molecule has 13 heavy (non-hydrogen) atoms. The minimum atomic E-state index is 0.689. The van der Waals surface area contributed by atoms with Crippen LogP contribution < -0.4 is 0 Å². The van der Waals surface area contributed by atoms with E-state index in [9.17, 15) is 0 Å². The molecule has 0 radical (unpaired) electrons. The molecular weight excluding hydrogens is 224 g/mol. The highest BCUT2D eigenvalue weighted by atomic mass is 79.9. The van der Waals surface area contributed by atoms with E-state index in [-0.39, 0.29) is 0 Å². The van der Waals surface area contributed by atoms with Gasteiger partial charge in [0.1, 0.15) is 0 Å². The zero-order valence-electron chi connectivity index (χ0n) is 8.69. The maximum Gasteiger partial charge on any atom is 0.0151 e. The second-order valence-electron chi connectivity index (χ2n) is 5.33. The van der Waals surface area contributed by atoms with Crippen molar-refractivity contribution in [3.05, 3.63) is 0 Å². The van der Waals surface area contributed by atoms with Crippen LogP contribution in [-0.4, -0.2) is 4.83 Å². The molecule has 76 valence electrons. The van der Waals surface area contributed by atoms with E-state index in [1.807, 2.05) is 0 Å². The van der Waals surface area contributed by atoms with Crippen LogP contribution in [0.5, 0.6) is 0 Å². The van der Waals surface area contributed by atoms with Crippen LogP contribution in [0.25, 0.3) is 0 Å². The van der Waals surface area contributed by atoms with Crippen molar-refractivity contribution in [3.63, 3.8) is 0 Å². The number of halogens is 1. The summed E-state index contributed by atoms with van der Waals surface area (Å²) in [6, 6.07) is 0. The monoisotopic (exact) mass is 244 g/mol. The topological polar surface area (TPSA) is 0 Å². The first-order valence-corrected chi connectivity index (χ1v) is 6.76. The number of alkyl halides is 1. The summed E-state index contributed by atoms with van der Waals surface area (Å²) < 4.78 is 0. The molecule has 2 saturated carbocycles. The summed E-state index contributed by atoms with van der Waals surface area (Å²) in [6.45, 7) is 2.53. The molecule has 2 aliphatic carbocycles. The van der Waals surface area contributed by atoms with Gasteiger partial charge in [-0.25, -0.2) is 0 Å². The van der Waals surface area contributed by atoms with Crippen LogP contribution in [0.3, 0.4) is 0 Å². The quantitative estimate of drug-likeness (QED) is 0.596. The lowest BCUT2D eigenvalue weighted by Crippen LogP contribution is -2.26. The summed E-state index contributed by atoms with van der Waals surface area (Å²) in [6.07, 6.45) is 11.8. The predicted octanol–water partition coefficient (Wildman–Crippen LogP) is 4.52. The highest BCUT2D eigenvalue weighted by Crippen LogP contribution is 2.50. The van der Waals surface area contributed by atoms with Crippen LogP contribution in [0, 0.1) is 11.3 Å². The van der Waals surface area contributed by atoms with Crippen molar-refractivity contribution < 1.29 is 0 Å². The summed E-state index contributed by atoms with van der Waals surface area (Å²) in [7, 11) is 0. The Balaban J connectivity index is 1.97. The molecule has 0 spiro atoms. The van der Waals surface area contributed by atoms with Crippen molar-refractivity contribution in [3.8, 4) is 0 Å². The molecule has 2 atom stereocenters. The lowest BCUT2D eigenvalue weighted by atomic mass is 9.69. The van der Waals surface area contributed by atoms with Gasteiger partial charge in [0.2, 0.25) is 0 Å². The van der Waals surface area contributed by atoms with Crippen LogP contribution in [0.4, 0.5) is 0 Å². The molecule has 0 bridgehead atoms. The summed E-state index contributed by atoms with van der Waals surface area (Å²) in [5.74, 6) is 1.05. The fraction of sp³-hybridized carbons (Fsp3) is 1.00. The third kappa shape index (κ3) is 2.11. The van der Waals surface area contributed by atoms with Crippen molar-refractivity contribution in [2.75, 3.05) is 0 Å². The lowest BCUT2D eigenvalue weighted by Gasteiger charge is -2.37. The Kier molecular flexibility index (Phi) is 3.02. The molecule has 0 N–H and O–H groups in total. The second-order valence-corrected chi connectivity index (χ2v) is 6.62. The Morgan fingerprint density at radius 3 is 2.31 bits per heavy atom. The molecule has 0 nitrogen and oxygen atoms in total. The Bertz CT molecular complexity index is 172. The van der Waals surface area contributed by atoms with Crippen molar-refractivity contribution in [1.29, 1.82) is 0 Å². The molecule has 2 unspecified atom stereocenters. The van der Waals surface area contributed by atoms with E-state index in [1.165, 1.54) is 51.4 Å². The zero-order valence-corrected chi connectivity index (χ0v) is 10.3. The fourth-order valence-corrected chi connectivity index (χ4v) is 4.34. The first kappa shape index (κ1) is 10.0. The van der Waals surface area contributed by atoms with Crippen molar-refractivity contribution in [2.45, 2.75) is 63.1 Å². The SMILES string of the molecule is CC1(C2CCCCC2)CCC(Br)C1. The molecular formula is C12H21Br. The van der Waals surface area contributed by atoms with Crippen LogP contribution in [0.1, 0.15) is 58.3 Å². The van der Waals surface area contributed by atoms with Crippen LogP contribution >= 0.6 is 15.9 Å². The smallest absolute Gasteiger partial charge is 0.0151 e. The lowest BCUT2D eigenvalue weighted by molar-refractivity contribution is 0.144. The van der Waals surface area contributed by atoms with Gasteiger partial charge in [0, 0.05) is 4.83 Å². The average Bonchev–Trinajstić information content (AvgIpc) is 2.49. The Morgan fingerprint density at radius 1 is 1.08 bits per heavy atom. The van der Waals surface area contributed by atoms with Crippen molar-refractivity contribution >= 4 is 15.9 Å². The van der Waals surface area contributed by atoms with Gasteiger partial charge in [-0.15, -0.1) is 0 Å². The van der Waals surface area contributed by atoms with Gasteiger partial charge < -0.3 is 0 Å². The Morgan fingerprint density at radius 2 is 1.77 bits per heavy atom. The normalized spacial score (nSPS) is 42.5. The summed E-state index contributed by atoms with van der Waals surface area (Å²) in [4.78, 5) is 0.819. The van der Waals surface area contributed by atoms with E-state index in [0.29, 0.717) is 5.41 Å². The van der Waals surface area contributed by atoms with Crippen molar-refractivity contribution in [1.82, 2.24) is 0 Å². The number of hydrogen-bond acceptors (Lipinski definition) is 0. The second kappa shape index (κ2) is 3.92. The van der Waals surface area contributed by atoms with Gasteiger partial charge in [0.25, 0.3) is 0 Å². The van der Waals surface area contributed by atoms with Gasteiger partial charge in [-0.1, -0.05) is 42.1 Å². The molecule has 0 aliphatic heterocycles. The van der Waals surface area contributed by atoms with E-state index in [1.54, 1.807) is 0 Å². The van der Waals surface area contributed by atoms with Gasteiger partial charge >= 0.3 is 0 Å². The average molecular weight is 245 g/mol. The van der Waals surface area contributed by atoms with Crippen LogP contribution in [-0.2, 0) is 0 Å². The Hall–Kier alpha value is 0.480. The molecule has 2 fully saturated rings. The van der Waals surface area contributed by atoms with Crippen molar-refractivity contribution in [2.24, 2.45) is 11.3 Å². The highest BCUT2D eigenvalue weighted by molar-refractivity contribution is 9.09. The van der Waals surface area contributed by atoms with E-state index in [4.69, 9.17) is 0 Å². The van der Waals surface area contributed by atoms with Gasteiger partial charge in [0.05, 0.1) is 0 Å². The first-order valence-electron chi connectivity index (χ1n) is 5.85. The summed E-state index contributed by atoms with van der Waals surface area (Å²) in [5.41, 5.74) is 0.689. The fourth-order valence-electron chi connectivity index (χ4n) is 3.37. The molecule has 0 aromatic heterocycles. The summed E-state index contributed by atoms with van der Waals surface area (Å²) >= 11 is 3.78. The van der Waals surface area contributed by atoms with Gasteiger partial charge in [-0.05, 0) is 43.4 Å². The van der Waals surface area contributed by atoms with Gasteiger partial charge in [-0.2, -0.15) is 0 Å². The molecule has 0 heterocycles. The molecule has 0 saturated heterocycles. The van der Waals surface area contributed by atoms with E-state index >= 15 is 0 Å². The van der Waals surface area contributed by atoms with E-state index < -0.39 is 0 Å². The summed E-state index contributed by atoms with van der Waals surface area (Å²) in [5, 5.41) is 0. The van der Waals surface area contributed by atoms with E-state index in [2.05, 4.69) is 22.9 Å². The molecule has 0 aromatic carbocycles. The maximum atomic E-state index is 3.78. The largest absolute Gasteiger partial charge is 0.0890 e. The minimum absolute atomic E-state index is 0.689. The highest BCUT2D eigenvalue weighted by Gasteiger charge is 2.40. The van der Waals surface area contributed by atoms with Gasteiger partial charge in [0.15, 0.2) is 0 Å². The number of hydrogen-bond donors (Lipinski definition) is 0. The molecule has 2 rings (SSSR count). The minimum Gasteiger partial charge on any atom is -0.0890 e.